The zero-order valence-electron chi connectivity index (χ0n) is 7.94. The highest BCUT2D eigenvalue weighted by Gasteiger charge is 2.06. The second kappa shape index (κ2) is 5.31. The summed E-state index contributed by atoms with van der Waals surface area (Å²) in [6.07, 6.45) is -0.566. The molecule has 0 bridgehead atoms. The van der Waals surface area contributed by atoms with Gasteiger partial charge in [0.1, 0.15) is 0 Å². The van der Waals surface area contributed by atoms with Crippen LogP contribution in [-0.4, -0.2) is 17.5 Å². The van der Waals surface area contributed by atoms with Crippen molar-refractivity contribution in [2.45, 2.75) is 13.0 Å². The second-order valence-corrected chi connectivity index (χ2v) is 4.30. The fraction of sp³-hybridized carbons (Fsp3) is 0.300. The van der Waals surface area contributed by atoms with Crippen molar-refractivity contribution < 1.29 is 5.11 Å². The van der Waals surface area contributed by atoms with Crippen molar-refractivity contribution in [3.8, 4) is 0 Å². The normalized spacial score (nSPS) is 14.1. The maximum absolute atomic E-state index is 9.73. The quantitative estimate of drug-likeness (QED) is 0.507. The molecule has 1 aromatic rings. The molecule has 1 aromatic carbocycles. The van der Waals surface area contributed by atoms with E-state index in [1.807, 2.05) is 24.3 Å². The summed E-state index contributed by atoms with van der Waals surface area (Å²) in [5.74, 6) is 0.495. The average Bonchev–Trinajstić information content (AvgIpc) is 2.14. The van der Waals surface area contributed by atoms with E-state index < -0.39 is 6.10 Å². The second-order valence-electron chi connectivity index (χ2n) is 3.05. The first-order chi connectivity index (χ1) is 6.59. The fourth-order valence-electron chi connectivity index (χ4n) is 1.05. The molecule has 3 nitrogen and oxygen atoms in total. The van der Waals surface area contributed by atoms with E-state index in [1.54, 1.807) is 6.92 Å². The lowest BCUT2D eigenvalue weighted by molar-refractivity contribution is 0.187. The molecule has 4 heteroatoms. The third-order valence-electron chi connectivity index (χ3n) is 1.75. The lowest BCUT2D eigenvalue weighted by Crippen LogP contribution is -2.09. The average molecular weight is 308 g/mol. The third-order valence-corrected chi connectivity index (χ3v) is 2.42. The minimum Gasteiger partial charge on any atom is -0.388 e. The van der Waals surface area contributed by atoms with Crippen LogP contribution >= 0.6 is 22.6 Å². The van der Waals surface area contributed by atoms with Gasteiger partial charge in [-0.25, -0.2) is 0 Å². The van der Waals surface area contributed by atoms with Crippen molar-refractivity contribution in [1.82, 2.24) is 0 Å². The number of amidine groups is 1. The van der Waals surface area contributed by atoms with E-state index >= 15 is 0 Å². The van der Waals surface area contributed by atoms with E-state index in [0.29, 0.717) is 12.4 Å². The van der Waals surface area contributed by atoms with Gasteiger partial charge in [0.15, 0.2) is 0 Å². The summed E-state index contributed by atoms with van der Waals surface area (Å²) < 4.78 is 1.10. The predicted octanol–water partition coefficient (Wildman–Crippen LogP) is 1.70. The maximum atomic E-state index is 9.73. The number of hydrogen-bond acceptors (Lipinski definition) is 2. The summed E-state index contributed by atoms with van der Waals surface area (Å²) in [6.45, 7) is 2.03. The van der Waals surface area contributed by atoms with Crippen molar-refractivity contribution in [2.75, 3.05) is 6.54 Å². The Bertz CT molecular complexity index is 335. The van der Waals surface area contributed by atoms with Gasteiger partial charge in [0, 0.05) is 3.57 Å². The molecule has 0 unspecified atom stereocenters. The van der Waals surface area contributed by atoms with Gasteiger partial charge in [0.2, 0.25) is 0 Å². The number of aliphatic imine (C=N–C) groups is 1. The number of rotatable bonds is 3. The first-order valence-corrected chi connectivity index (χ1v) is 5.37. The van der Waals surface area contributed by atoms with E-state index in [1.165, 1.54) is 0 Å². The molecule has 0 saturated heterocycles. The van der Waals surface area contributed by atoms with E-state index in [2.05, 4.69) is 27.6 Å². The monoisotopic (exact) mass is 308 g/mol. The number of aliphatic hydroxyl groups excluding tert-OH is 1. The molecular weight excluding hydrogens is 295 g/mol. The number of nitrogens with two attached hydrogens (primary N) is 1. The molecule has 0 radical (unpaired) electrons. The van der Waals surface area contributed by atoms with Crippen LogP contribution in [0, 0.1) is 3.57 Å². The highest BCUT2D eigenvalue weighted by Crippen LogP contribution is 2.15. The van der Waals surface area contributed by atoms with Gasteiger partial charge in [0.05, 0.1) is 18.5 Å². The molecule has 0 aromatic heterocycles. The van der Waals surface area contributed by atoms with Gasteiger partial charge in [-0.3, -0.25) is 4.99 Å². The molecule has 0 aliphatic rings. The van der Waals surface area contributed by atoms with Crippen molar-refractivity contribution in [3.05, 3.63) is 33.4 Å². The Balaban J connectivity index is 2.69. The van der Waals surface area contributed by atoms with Crippen LogP contribution < -0.4 is 5.73 Å². The summed E-state index contributed by atoms with van der Waals surface area (Å²) in [7, 11) is 0. The van der Waals surface area contributed by atoms with Gasteiger partial charge in [-0.2, -0.15) is 0 Å². The third kappa shape index (κ3) is 3.63. The zero-order valence-corrected chi connectivity index (χ0v) is 10.1. The predicted molar refractivity (Wildman–Crippen MR) is 66.3 cm³/mol. The number of benzene rings is 1. The van der Waals surface area contributed by atoms with Crippen molar-refractivity contribution in [3.63, 3.8) is 0 Å². The number of halogens is 1. The molecule has 14 heavy (non-hydrogen) atoms. The van der Waals surface area contributed by atoms with Crippen molar-refractivity contribution in [1.29, 1.82) is 0 Å². The molecule has 0 spiro atoms. The van der Waals surface area contributed by atoms with Crippen LogP contribution in [0.5, 0.6) is 0 Å². The van der Waals surface area contributed by atoms with Crippen LogP contribution in [0.25, 0.3) is 0 Å². The van der Waals surface area contributed by atoms with E-state index in [0.717, 1.165) is 9.13 Å². The summed E-state index contributed by atoms with van der Waals surface area (Å²) in [4.78, 5) is 3.97. The summed E-state index contributed by atoms with van der Waals surface area (Å²) in [5, 5.41) is 9.73. The molecule has 1 atom stereocenters. The van der Waals surface area contributed by atoms with Crippen LogP contribution in [0.2, 0.25) is 0 Å². The first-order valence-electron chi connectivity index (χ1n) is 4.29. The highest BCUT2D eigenvalue weighted by molar-refractivity contribution is 14.1. The molecule has 0 heterocycles. The van der Waals surface area contributed by atoms with Crippen LogP contribution in [-0.2, 0) is 0 Å². The number of aliphatic hydroxyl groups is 1. The highest BCUT2D eigenvalue weighted by atomic mass is 131. The van der Waals surface area contributed by atoms with Gasteiger partial charge >= 0.3 is 0 Å². The van der Waals surface area contributed by atoms with Gasteiger partial charge in [-0.05, 0) is 47.2 Å². The summed E-state index contributed by atoms with van der Waals surface area (Å²) >= 11 is 2.21. The number of hydrogen-bond donors (Lipinski definition) is 2. The molecule has 0 aliphatic carbocycles. The maximum Gasteiger partial charge on any atom is 0.0986 e. The first kappa shape index (κ1) is 11.5. The Morgan fingerprint density at radius 2 is 2.36 bits per heavy atom. The number of nitrogens with zero attached hydrogens (tertiary/aromatic N) is 1. The fourth-order valence-corrected chi connectivity index (χ4v) is 1.62. The van der Waals surface area contributed by atoms with Gasteiger partial charge in [0.25, 0.3) is 0 Å². The molecule has 0 aliphatic heterocycles. The molecular formula is C10H13IN2O. The summed E-state index contributed by atoms with van der Waals surface area (Å²) in [6, 6.07) is 7.72. The zero-order chi connectivity index (χ0) is 10.6. The Morgan fingerprint density at radius 1 is 1.64 bits per heavy atom. The molecule has 0 saturated carbocycles. The van der Waals surface area contributed by atoms with Gasteiger partial charge in [-0.1, -0.05) is 12.1 Å². The van der Waals surface area contributed by atoms with Crippen LogP contribution in [0.3, 0.4) is 0 Å². The SMILES string of the molecule is CC(N)=NC[C@H](O)c1cccc([131I])c1. The van der Waals surface area contributed by atoms with Crippen LogP contribution in [0.15, 0.2) is 29.3 Å². The Labute approximate surface area is 97.2 Å². The van der Waals surface area contributed by atoms with Gasteiger partial charge < -0.3 is 10.8 Å². The molecule has 0 amide bonds. The summed E-state index contributed by atoms with van der Waals surface area (Å²) in [5.41, 5.74) is 6.26. The van der Waals surface area contributed by atoms with E-state index in [4.69, 9.17) is 5.73 Å². The minimum atomic E-state index is -0.566. The molecule has 76 valence electrons. The lowest BCUT2D eigenvalue weighted by Gasteiger charge is -2.08. The van der Waals surface area contributed by atoms with Crippen LogP contribution in [0.4, 0.5) is 0 Å². The lowest BCUT2D eigenvalue weighted by atomic mass is 10.1. The Morgan fingerprint density at radius 3 is 2.93 bits per heavy atom. The minimum absolute atomic E-state index is 0.322. The van der Waals surface area contributed by atoms with E-state index in [9.17, 15) is 5.11 Å². The Kier molecular flexibility index (Phi) is 4.34. The molecule has 1 rings (SSSR count). The largest absolute Gasteiger partial charge is 0.388 e. The van der Waals surface area contributed by atoms with Crippen LogP contribution in [0.1, 0.15) is 18.6 Å². The topological polar surface area (TPSA) is 58.6 Å². The molecule has 0 fully saturated rings. The van der Waals surface area contributed by atoms with Crippen molar-refractivity contribution in [2.24, 2.45) is 10.7 Å². The standard InChI is InChI=1S/C10H13IN2O/c1-7(12)13-6-10(14)8-3-2-4-9(11)5-8/h2-5,10,14H,6H2,1H3,(H2,12,13)/t10-/m0/s1/i11+4. The Hall–Kier alpha value is -0.620. The van der Waals surface area contributed by atoms with Gasteiger partial charge in [-0.15, -0.1) is 0 Å². The van der Waals surface area contributed by atoms with E-state index in [-0.39, 0.29) is 0 Å². The smallest absolute Gasteiger partial charge is 0.0986 e. The van der Waals surface area contributed by atoms with Crippen molar-refractivity contribution >= 4 is 28.4 Å². The molecule has 3 N–H and O–H groups in total.